The number of rotatable bonds is 4. The summed E-state index contributed by atoms with van der Waals surface area (Å²) in [5.74, 6) is 0. The van der Waals surface area contributed by atoms with Crippen LogP contribution in [-0.4, -0.2) is 10.9 Å². The standard InChI is InChI=1S/C13H13N3S/c1-10-12(9-14)13(17-16-10)15-8-7-11-5-3-2-4-6-11/h2-6,15H,7-8H2,1H3. The number of hydrogen-bond acceptors (Lipinski definition) is 4. The molecule has 0 atom stereocenters. The van der Waals surface area contributed by atoms with Gasteiger partial charge in [0.15, 0.2) is 0 Å². The predicted molar refractivity (Wildman–Crippen MR) is 70.2 cm³/mol. The summed E-state index contributed by atoms with van der Waals surface area (Å²) < 4.78 is 4.17. The zero-order valence-corrected chi connectivity index (χ0v) is 10.4. The molecular weight excluding hydrogens is 230 g/mol. The predicted octanol–water partition coefficient (Wildman–Crippen LogP) is 2.98. The van der Waals surface area contributed by atoms with Crippen molar-refractivity contribution in [3.8, 4) is 6.07 Å². The van der Waals surface area contributed by atoms with E-state index in [9.17, 15) is 0 Å². The molecule has 1 aromatic carbocycles. The second-order valence-electron chi connectivity index (χ2n) is 3.75. The van der Waals surface area contributed by atoms with Gasteiger partial charge in [0, 0.05) is 6.54 Å². The first-order valence-electron chi connectivity index (χ1n) is 5.45. The quantitative estimate of drug-likeness (QED) is 0.898. The monoisotopic (exact) mass is 243 g/mol. The van der Waals surface area contributed by atoms with Crippen molar-refractivity contribution in [2.24, 2.45) is 0 Å². The molecule has 17 heavy (non-hydrogen) atoms. The average Bonchev–Trinajstić information content (AvgIpc) is 2.71. The summed E-state index contributed by atoms with van der Waals surface area (Å²) in [6, 6.07) is 12.5. The minimum atomic E-state index is 0.670. The molecule has 0 radical (unpaired) electrons. The van der Waals surface area contributed by atoms with Crippen LogP contribution in [0.3, 0.4) is 0 Å². The molecule has 1 N–H and O–H groups in total. The lowest BCUT2D eigenvalue weighted by Gasteiger charge is -2.03. The molecule has 86 valence electrons. The number of nitriles is 1. The zero-order chi connectivity index (χ0) is 12.1. The molecule has 0 aliphatic heterocycles. The molecule has 0 fully saturated rings. The molecule has 1 heterocycles. The van der Waals surface area contributed by atoms with E-state index in [-0.39, 0.29) is 0 Å². The number of anilines is 1. The molecule has 0 saturated heterocycles. The Morgan fingerprint density at radius 1 is 1.35 bits per heavy atom. The van der Waals surface area contributed by atoms with Crippen LogP contribution in [0.5, 0.6) is 0 Å². The van der Waals surface area contributed by atoms with Gasteiger partial charge in [0.25, 0.3) is 0 Å². The smallest absolute Gasteiger partial charge is 0.127 e. The second kappa shape index (κ2) is 5.46. The van der Waals surface area contributed by atoms with Gasteiger partial charge in [0.2, 0.25) is 0 Å². The molecule has 0 amide bonds. The summed E-state index contributed by atoms with van der Waals surface area (Å²) in [7, 11) is 0. The van der Waals surface area contributed by atoms with Crippen molar-refractivity contribution in [2.75, 3.05) is 11.9 Å². The Balaban J connectivity index is 1.93. The number of nitrogens with one attached hydrogen (secondary N) is 1. The van der Waals surface area contributed by atoms with Crippen LogP contribution in [0.4, 0.5) is 5.00 Å². The normalized spacial score (nSPS) is 9.88. The van der Waals surface area contributed by atoms with Crippen LogP contribution < -0.4 is 5.32 Å². The Labute approximate surface area is 105 Å². The fraction of sp³-hybridized carbons (Fsp3) is 0.231. The fourth-order valence-corrected chi connectivity index (χ4v) is 2.36. The summed E-state index contributed by atoms with van der Waals surface area (Å²) in [6.45, 7) is 2.68. The fourth-order valence-electron chi connectivity index (χ4n) is 1.59. The van der Waals surface area contributed by atoms with E-state index in [1.54, 1.807) is 0 Å². The third kappa shape index (κ3) is 2.83. The summed E-state index contributed by atoms with van der Waals surface area (Å²) in [4.78, 5) is 0. The molecule has 2 rings (SSSR count). The maximum atomic E-state index is 8.98. The molecule has 0 aliphatic carbocycles. The van der Waals surface area contributed by atoms with Crippen LogP contribution in [0.25, 0.3) is 0 Å². The Hall–Kier alpha value is -1.86. The van der Waals surface area contributed by atoms with Crippen LogP contribution in [0.2, 0.25) is 0 Å². The highest BCUT2D eigenvalue weighted by atomic mass is 32.1. The van der Waals surface area contributed by atoms with E-state index in [0.29, 0.717) is 5.56 Å². The number of hydrogen-bond donors (Lipinski definition) is 1. The van der Waals surface area contributed by atoms with Gasteiger partial charge in [-0.1, -0.05) is 30.3 Å². The lowest BCUT2D eigenvalue weighted by Crippen LogP contribution is -2.04. The highest BCUT2D eigenvalue weighted by Crippen LogP contribution is 2.23. The van der Waals surface area contributed by atoms with Gasteiger partial charge in [-0.2, -0.15) is 9.64 Å². The van der Waals surface area contributed by atoms with E-state index >= 15 is 0 Å². The number of aromatic nitrogens is 1. The van der Waals surface area contributed by atoms with Crippen molar-refractivity contribution in [3.63, 3.8) is 0 Å². The molecule has 0 spiro atoms. The molecule has 0 saturated carbocycles. The third-order valence-electron chi connectivity index (χ3n) is 2.52. The van der Waals surface area contributed by atoms with Crippen LogP contribution in [-0.2, 0) is 6.42 Å². The molecule has 1 aromatic heterocycles. The first kappa shape index (κ1) is 11.6. The van der Waals surface area contributed by atoms with Gasteiger partial charge in [-0.25, -0.2) is 0 Å². The zero-order valence-electron chi connectivity index (χ0n) is 9.60. The van der Waals surface area contributed by atoms with Crippen molar-refractivity contribution in [1.29, 1.82) is 5.26 Å². The van der Waals surface area contributed by atoms with E-state index in [0.717, 1.165) is 23.7 Å². The SMILES string of the molecule is Cc1nsc(NCCc2ccccc2)c1C#N. The lowest BCUT2D eigenvalue weighted by molar-refractivity contribution is 1.02. The maximum absolute atomic E-state index is 8.98. The van der Waals surface area contributed by atoms with Crippen molar-refractivity contribution in [2.45, 2.75) is 13.3 Å². The first-order chi connectivity index (χ1) is 8.31. The number of nitrogens with zero attached hydrogens (tertiary/aromatic N) is 2. The molecule has 2 aromatic rings. The van der Waals surface area contributed by atoms with Crippen molar-refractivity contribution in [3.05, 3.63) is 47.2 Å². The van der Waals surface area contributed by atoms with Gasteiger partial charge < -0.3 is 5.32 Å². The van der Waals surface area contributed by atoms with Crippen molar-refractivity contribution >= 4 is 16.5 Å². The Morgan fingerprint density at radius 3 is 2.82 bits per heavy atom. The summed E-state index contributed by atoms with van der Waals surface area (Å²) in [5, 5.41) is 13.1. The number of aryl methyl sites for hydroxylation is 1. The topological polar surface area (TPSA) is 48.7 Å². The minimum Gasteiger partial charge on any atom is -0.374 e. The Kier molecular flexibility index (Phi) is 3.73. The van der Waals surface area contributed by atoms with Gasteiger partial charge in [-0.15, -0.1) is 0 Å². The first-order valence-corrected chi connectivity index (χ1v) is 6.23. The molecule has 4 heteroatoms. The van der Waals surface area contributed by atoms with Crippen LogP contribution in [0, 0.1) is 18.3 Å². The van der Waals surface area contributed by atoms with E-state index in [1.165, 1.54) is 17.1 Å². The Bertz CT molecular complexity index is 525. The molecule has 0 aliphatic rings. The second-order valence-corrected chi connectivity index (χ2v) is 4.52. The van der Waals surface area contributed by atoms with Gasteiger partial charge in [0.1, 0.15) is 16.6 Å². The van der Waals surface area contributed by atoms with E-state index in [4.69, 9.17) is 5.26 Å². The maximum Gasteiger partial charge on any atom is 0.127 e. The highest BCUT2D eigenvalue weighted by Gasteiger charge is 2.08. The summed E-state index contributed by atoms with van der Waals surface area (Å²) in [5.41, 5.74) is 2.77. The molecule has 0 unspecified atom stereocenters. The largest absolute Gasteiger partial charge is 0.374 e. The van der Waals surface area contributed by atoms with E-state index in [1.807, 2.05) is 25.1 Å². The van der Waals surface area contributed by atoms with Gasteiger partial charge in [0.05, 0.1) is 5.69 Å². The van der Waals surface area contributed by atoms with Gasteiger partial charge >= 0.3 is 0 Å². The lowest BCUT2D eigenvalue weighted by atomic mass is 10.1. The molecular formula is C13H13N3S. The van der Waals surface area contributed by atoms with Gasteiger partial charge in [-0.3, -0.25) is 0 Å². The molecule has 3 nitrogen and oxygen atoms in total. The van der Waals surface area contributed by atoms with Crippen LogP contribution in [0.1, 0.15) is 16.8 Å². The summed E-state index contributed by atoms with van der Waals surface area (Å²) >= 11 is 1.35. The van der Waals surface area contributed by atoms with Crippen molar-refractivity contribution < 1.29 is 0 Å². The van der Waals surface area contributed by atoms with Crippen LogP contribution in [0.15, 0.2) is 30.3 Å². The van der Waals surface area contributed by atoms with Crippen molar-refractivity contribution in [1.82, 2.24) is 4.37 Å². The summed E-state index contributed by atoms with van der Waals surface area (Å²) in [6.07, 6.45) is 0.947. The van der Waals surface area contributed by atoms with E-state index in [2.05, 4.69) is 27.9 Å². The average molecular weight is 243 g/mol. The number of benzene rings is 1. The highest BCUT2D eigenvalue weighted by molar-refractivity contribution is 7.10. The Morgan fingerprint density at radius 2 is 2.12 bits per heavy atom. The van der Waals surface area contributed by atoms with Crippen LogP contribution >= 0.6 is 11.5 Å². The minimum absolute atomic E-state index is 0.670. The molecule has 0 bridgehead atoms. The van der Waals surface area contributed by atoms with Gasteiger partial charge in [-0.05, 0) is 30.4 Å². The van der Waals surface area contributed by atoms with E-state index < -0.39 is 0 Å². The third-order valence-corrected chi connectivity index (χ3v) is 3.41.